The zero-order valence-electron chi connectivity index (χ0n) is 9.85. The second-order valence-corrected chi connectivity index (χ2v) is 4.53. The maximum absolute atomic E-state index is 11.3. The normalized spacial score (nSPS) is 10.3. The lowest BCUT2D eigenvalue weighted by Crippen LogP contribution is -2.07. The number of rotatable bonds is 4. The van der Waals surface area contributed by atoms with Crippen molar-refractivity contribution < 1.29 is 13.9 Å². The van der Waals surface area contributed by atoms with Crippen LogP contribution in [-0.4, -0.2) is 17.6 Å². The molecule has 0 N–H and O–H groups in total. The molecule has 0 saturated heterocycles. The minimum absolute atomic E-state index is 0.0599. The van der Waals surface area contributed by atoms with Crippen molar-refractivity contribution in [3.05, 3.63) is 40.9 Å². The van der Waals surface area contributed by atoms with Gasteiger partial charge in [-0.1, -0.05) is 28.1 Å². The molecule has 0 amide bonds. The molecular formula is C13H12BrNO3. The first-order valence-corrected chi connectivity index (χ1v) is 6.34. The molecule has 0 aliphatic rings. The molecule has 0 radical (unpaired) electrons. The van der Waals surface area contributed by atoms with E-state index < -0.39 is 0 Å². The molecule has 0 aliphatic carbocycles. The number of benzene rings is 1. The van der Waals surface area contributed by atoms with Crippen molar-refractivity contribution in [1.82, 2.24) is 4.98 Å². The van der Waals surface area contributed by atoms with E-state index in [1.54, 1.807) is 6.92 Å². The molecule has 0 unspecified atom stereocenters. The molecule has 0 bridgehead atoms. The Morgan fingerprint density at radius 1 is 1.39 bits per heavy atom. The summed E-state index contributed by atoms with van der Waals surface area (Å²) in [5, 5.41) is 0. The maximum atomic E-state index is 11.3. The van der Waals surface area contributed by atoms with E-state index >= 15 is 0 Å². The molecule has 0 aliphatic heterocycles. The van der Waals surface area contributed by atoms with Crippen molar-refractivity contribution >= 4 is 21.9 Å². The number of hydrogen-bond donors (Lipinski definition) is 0. The Hall–Kier alpha value is -1.62. The summed E-state index contributed by atoms with van der Waals surface area (Å²) in [7, 11) is 0. The van der Waals surface area contributed by atoms with Crippen molar-refractivity contribution in [2.24, 2.45) is 0 Å². The monoisotopic (exact) mass is 309 g/mol. The molecule has 2 rings (SSSR count). The summed E-state index contributed by atoms with van der Waals surface area (Å²) in [6, 6.07) is 7.70. The lowest BCUT2D eigenvalue weighted by Gasteiger charge is -1.97. The van der Waals surface area contributed by atoms with E-state index in [4.69, 9.17) is 9.15 Å². The quantitative estimate of drug-likeness (QED) is 0.814. The summed E-state index contributed by atoms with van der Waals surface area (Å²) in [6.07, 6.45) is 1.60. The summed E-state index contributed by atoms with van der Waals surface area (Å²) in [4.78, 5) is 15.5. The van der Waals surface area contributed by atoms with Crippen LogP contribution in [0.3, 0.4) is 0 Å². The topological polar surface area (TPSA) is 52.3 Å². The van der Waals surface area contributed by atoms with Crippen molar-refractivity contribution in [3.63, 3.8) is 0 Å². The molecule has 1 aromatic heterocycles. The molecule has 0 saturated carbocycles. The highest BCUT2D eigenvalue weighted by molar-refractivity contribution is 9.10. The van der Waals surface area contributed by atoms with Gasteiger partial charge in [-0.05, 0) is 19.1 Å². The van der Waals surface area contributed by atoms with E-state index in [-0.39, 0.29) is 12.4 Å². The predicted molar refractivity (Wildman–Crippen MR) is 70.0 cm³/mol. The molecule has 94 valence electrons. The number of aromatic nitrogens is 1. The van der Waals surface area contributed by atoms with Gasteiger partial charge in [0, 0.05) is 10.0 Å². The third-order valence-electron chi connectivity index (χ3n) is 2.29. The first-order valence-electron chi connectivity index (χ1n) is 5.55. The summed E-state index contributed by atoms with van der Waals surface area (Å²) < 4.78 is 11.1. The van der Waals surface area contributed by atoms with Gasteiger partial charge in [0.1, 0.15) is 18.4 Å². The summed E-state index contributed by atoms with van der Waals surface area (Å²) in [5.41, 5.74) is 1.65. The molecule has 0 spiro atoms. The number of carbonyl (C=O) groups excluding carboxylic acids is 1. The zero-order valence-corrected chi connectivity index (χ0v) is 11.4. The molecule has 1 heterocycles. The summed E-state index contributed by atoms with van der Waals surface area (Å²) >= 11 is 3.37. The van der Waals surface area contributed by atoms with E-state index in [9.17, 15) is 4.79 Å². The van der Waals surface area contributed by atoms with Gasteiger partial charge in [0.15, 0.2) is 0 Å². The van der Waals surface area contributed by atoms with Crippen LogP contribution in [0.2, 0.25) is 0 Å². The van der Waals surface area contributed by atoms with Gasteiger partial charge in [-0.25, -0.2) is 4.98 Å². The van der Waals surface area contributed by atoms with Crippen LogP contribution in [0.1, 0.15) is 12.8 Å². The van der Waals surface area contributed by atoms with Gasteiger partial charge in [-0.3, -0.25) is 4.79 Å². The number of hydrogen-bond acceptors (Lipinski definition) is 4. The SMILES string of the molecule is CCOC(=O)Cc1nc(-c2ccc(Br)cc2)co1. The zero-order chi connectivity index (χ0) is 13.0. The third-order valence-corrected chi connectivity index (χ3v) is 2.82. The molecule has 0 fully saturated rings. The van der Waals surface area contributed by atoms with Crippen molar-refractivity contribution in [1.29, 1.82) is 0 Å². The third kappa shape index (κ3) is 3.20. The Bertz CT molecular complexity index is 533. The van der Waals surface area contributed by atoms with Gasteiger partial charge in [0.05, 0.1) is 6.61 Å². The lowest BCUT2D eigenvalue weighted by molar-refractivity contribution is -0.142. The Morgan fingerprint density at radius 3 is 2.78 bits per heavy atom. The Labute approximate surface area is 113 Å². The van der Waals surface area contributed by atoms with E-state index in [0.29, 0.717) is 18.2 Å². The lowest BCUT2D eigenvalue weighted by atomic mass is 10.2. The highest BCUT2D eigenvalue weighted by Gasteiger charge is 2.11. The fourth-order valence-corrected chi connectivity index (χ4v) is 1.75. The van der Waals surface area contributed by atoms with Crippen LogP contribution in [-0.2, 0) is 16.0 Å². The summed E-state index contributed by atoms with van der Waals surface area (Å²) in [6.45, 7) is 2.12. The van der Waals surface area contributed by atoms with E-state index in [2.05, 4.69) is 20.9 Å². The number of nitrogens with zero attached hydrogens (tertiary/aromatic N) is 1. The number of esters is 1. The van der Waals surface area contributed by atoms with Crippen molar-refractivity contribution in [2.75, 3.05) is 6.61 Å². The van der Waals surface area contributed by atoms with Gasteiger partial charge in [0.2, 0.25) is 5.89 Å². The largest absolute Gasteiger partial charge is 0.466 e. The van der Waals surface area contributed by atoms with Crippen LogP contribution in [0.4, 0.5) is 0 Å². The number of halogens is 1. The van der Waals surface area contributed by atoms with Crippen LogP contribution >= 0.6 is 15.9 Å². The fraction of sp³-hybridized carbons (Fsp3) is 0.231. The van der Waals surface area contributed by atoms with Gasteiger partial charge >= 0.3 is 5.97 Å². The second-order valence-electron chi connectivity index (χ2n) is 3.62. The number of ether oxygens (including phenoxy) is 1. The Kier molecular flexibility index (Phi) is 4.15. The minimum Gasteiger partial charge on any atom is -0.466 e. The van der Waals surface area contributed by atoms with Crippen molar-refractivity contribution in [3.8, 4) is 11.3 Å². The van der Waals surface area contributed by atoms with Crippen LogP contribution in [0.5, 0.6) is 0 Å². The summed E-state index contributed by atoms with van der Waals surface area (Å²) in [5.74, 6) is 0.0353. The molecule has 18 heavy (non-hydrogen) atoms. The Morgan fingerprint density at radius 2 is 2.11 bits per heavy atom. The van der Waals surface area contributed by atoms with Gasteiger partial charge in [-0.15, -0.1) is 0 Å². The molecule has 2 aromatic rings. The molecule has 5 heteroatoms. The number of oxazole rings is 1. The van der Waals surface area contributed by atoms with Gasteiger partial charge in [0.25, 0.3) is 0 Å². The fourth-order valence-electron chi connectivity index (χ4n) is 1.48. The molecule has 4 nitrogen and oxygen atoms in total. The predicted octanol–water partition coefficient (Wildman–Crippen LogP) is 3.21. The molecule has 0 atom stereocenters. The first kappa shape index (κ1) is 12.8. The van der Waals surface area contributed by atoms with E-state index in [0.717, 1.165) is 10.0 Å². The van der Waals surface area contributed by atoms with E-state index in [1.165, 1.54) is 6.26 Å². The highest BCUT2D eigenvalue weighted by atomic mass is 79.9. The smallest absolute Gasteiger partial charge is 0.315 e. The average Bonchev–Trinajstić information content (AvgIpc) is 2.78. The second kappa shape index (κ2) is 5.82. The van der Waals surface area contributed by atoms with Gasteiger partial charge < -0.3 is 9.15 Å². The van der Waals surface area contributed by atoms with E-state index in [1.807, 2.05) is 24.3 Å². The van der Waals surface area contributed by atoms with Crippen molar-refractivity contribution in [2.45, 2.75) is 13.3 Å². The first-order chi connectivity index (χ1) is 8.69. The number of carbonyl (C=O) groups is 1. The van der Waals surface area contributed by atoms with Crippen LogP contribution in [0.25, 0.3) is 11.3 Å². The van der Waals surface area contributed by atoms with Crippen LogP contribution in [0, 0.1) is 0 Å². The minimum atomic E-state index is -0.332. The highest BCUT2D eigenvalue weighted by Crippen LogP contribution is 2.21. The Balaban J connectivity index is 2.10. The van der Waals surface area contributed by atoms with Crippen LogP contribution in [0.15, 0.2) is 39.4 Å². The molecule has 1 aromatic carbocycles. The molecular weight excluding hydrogens is 298 g/mol. The van der Waals surface area contributed by atoms with Gasteiger partial charge in [-0.2, -0.15) is 0 Å². The standard InChI is InChI=1S/C13H12BrNO3/c1-2-17-13(16)7-12-15-11(8-18-12)9-3-5-10(14)6-4-9/h3-6,8H,2,7H2,1H3. The maximum Gasteiger partial charge on any atom is 0.315 e. The van der Waals surface area contributed by atoms with Crippen LogP contribution < -0.4 is 0 Å². The average molecular weight is 310 g/mol.